The predicted molar refractivity (Wildman–Crippen MR) is 102 cm³/mol. The highest BCUT2D eigenvalue weighted by molar-refractivity contribution is 7.89. The molecule has 144 valence electrons. The molecule has 0 radical (unpaired) electrons. The molecule has 1 aliphatic carbocycles. The number of aromatic amines is 1. The first-order valence-corrected chi connectivity index (χ1v) is 10.6. The number of imidazole rings is 1. The Labute approximate surface area is 157 Å². The van der Waals surface area contributed by atoms with Gasteiger partial charge in [0.2, 0.25) is 10.0 Å². The standard InChI is InChI=1S/C18H23N5O3S/c1-22-16-9-8-12(10-17(16)23(2)18(22)24)27(25,26)19-11-15-13-6-4-3-5-7-14(13)20-21-15/h8-10,19H,3-7,11H2,1-2H3,(H,20,21). The van der Waals surface area contributed by atoms with E-state index in [0.29, 0.717) is 11.0 Å². The highest BCUT2D eigenvalue weighted by Crippen LogP contribution is 2.22. The SMILES string of the molecule is Cn1c(=O)n(C)c2cc(S(=O)(=O)NCc3n[nH]c4c3CCCCC4)ccc21. The molecular formula is C18H23N5O3S. The molecule has 0 bridgehead atoms. The molecule has 1 aliphatic rings. The molecule has 1 aromatic carbocycles. The van der Waals surface area contributed by atoms with Crippen LogP contribution in [0.15, 0.2) is 27.9 Å². The van der Waals surface area contributed by atoms with Crippen molar-refractivity contribution in [3.05, 3.63) is 45.6 Å². The molecule has 0 atom stereocenters. The number of sulfonamides is 1. The van der Waals surface area contributed by atoms with Crippen molar-refractivity contribution in [2.24, 2.45) is 14.1 Å². The van der Waals surface area contributed by atoms with Crippen molar-refractivity contribution < 1.29 is 8.42 Å². The lowest BCUT2D eigenvalue weighted by atomic mass is 10.1. The van der Waals surface area contributed by atoms with Crippen LogP contribution in [0.3, 0.4) is 0 Å². The van der Waals surface area contributed by atoms with E-state index in [1.807, 2.05) is 0 Å². The number of nitrogens with zero attached hydrogens (tertiary/aromatic N) is 3. The Balaban J connectivity index is 1.61. The molecule has 0 aliphatic heterocycles. The summed E-state index contributed by atoms with van der Waals surface area (Å²) in [5.41, 5.74) is 4.13. The van der Waals surface area contributed by atoms with Crippen LogP contribution in [0.4, 0.5) is 0 Å². The van der Waals surface area contributed by atoms with Gasteiger partial charge in [0.05, 0.1) is 28.2 Å². The molecule has 27 heavy (non-hydrogen) atoms. The maximum Gasteiger partial charge on any atom is 0.328 e. The van der Waals surface area contributed by atoms with Gasteiger partial charge in [-0.05, 0) is 49.4 Å². The summed E-state index contributed by atoms with van der Waals surface area (Å²) in [6, 6.07) is 4.71. The van der Waals surface area contributed by atoms with Crippen molar-refractivity contribution in [2.75, 3.05) is 0 Å². The van der Waals surface area contributed by atoms with Gasteiger partial charge in [-0.25, -0.2) is 17.9 Å². The van der Waals surface area contributed by atoms with Crippen LogP contribution in [0, 0.1) is 0 Å². The fourth-order valence-electron chi connectivity index (χ4n) is 3.77. The van der Waals surface area contributed by atoms with Crippen molar-refractivity contribution in [2.45, 2.75) is 43.5 Å². The summed E-state index contributed by atoms with van der Waals surface area (Å²) in [6.07, 6.45) is 5.32. The Bertz CT molecular complexity index is 1170. The van der Waals surface area contributed by atoms with E-state index in [-0.39, 0.29) is 17.1 Å². The summed E-state index contributed by atoms with van der Waals surface area (Å²) in [7, 11) is -0.413. The Morgan fingerprint density at radius 2 is 1.85 bits per heavy atom. The van der Waals surface area contributed by atoms with Gasteiger partial charge in [0.25, 0.3) is 0 Å². The van der Waals surface area contributed by atoms with Crippen molar-refractivity contribution in [1.82, 2.24) is 24.1 Å². The quantitative estimate of drug-likeness (QED) is 0.658. The molecule has 2 heterocycles. The average Bonchev–Trinajstić information content (AvgIpc) is 3.02. The third-order valence-corrected chi connectivity index (χ3v) is 6.77. The zero-order chi connectivity index (χ0) is 19.2. The van der Waals surface area contributed by atoms with Crippen LogP contribution in [0.1, 0.15) is 36.2 Å². The van der Waals surface area contributed by atoms with Crippen molar-refractivity contribution in [3.63, 3.8) is 0 Å². The van der Waals surface area contributed by atoms with E-state index >= 15 is 0 Å². The van der Waals surface area contributed by atoms with Gasteiger partial charge >= 0.3 is 5.69 Å². The maximum atomic E-state index is 12.8. The molecule has 9 heteroatoms. The second kappa shape index (κ2) is 6.65. The van der Waals surface area contributed by atoms with Crippen LogP contribution in [-0.4, -0.2) is 27.7 Å². The van der Waals surface area contributed by atoms with E-state index in [2.05, 4.69) is 14.9 Å². The summed E-state index contributed by atoms with van der Waals surface area (Å²) in [5.74, 6) is 0. The molecule has 0 unspecified atom stereocenters. The van der Waals surface area contributed by atoms with Gasteiger partial charge in [-0.2, -0.15) is 5.10 Å². The molecular weight excluding hydrogens is 366 g/mol. The minimum absolute atomic E-state index is 0.137. The largest absolute Gasteiger partial charge is 0.328 e. The van der Waals surface area contributed by atoms with E-state index in [1.165, 1.54) is 27.7 Å². The zero-order valence-electron chi connectivity index (χ0n) is 15.4. The lowest BCUT2D eigenvalue weighted by molar-refractivity contribution is 0.580. The summed E-state index contributed by atoms with van der Waals surface area (Å²) in [6.45, 7) is 0.153. The first-order valence-electron chi connectivity index (χ1n) is 9.08. The predicted octanol–water partition coefficient (Wildman–Crippen LogP) is 1.35. The van der Waals surface area contributed by atoms with Crippen molar-refractivity contribution >= 4 is 21.1 Å². The molecule has 0 spiro atoms. The second-order valence-corrected chi connectivity index (χ2v) is 8.83. The van der Waals surface area contributed by atoms with Crippen LogP contribution in [0.2, 0.25) is 0 Å². The molecule has 8 nitrogen and oxygen atoms in total. The lowest BCUT2D eigenvalue weighted by Gasteiger charge is -2.08. The fourth-order valence-corrected chi connectivity index (χ4v) is 4.78. The van der Waals surface area contributed by atoms with Crippen molar-refractivity contribution in [1.29, 1.82) is 0 Å². The summed E-state index contributed by atoms with van der Waals surface area (Å²) >= 11 is 0. The fraction of sp³-hybridized carbons (Fsp3) is 0.444. The van der Waals surface area contributed by atoms with Gasteiger partial charge in [0, 0.05) is 19.8 Å². The number of rotatable bonds is 4. The van der Waals surface area contributed by atoms with E-state index in [1.54, 1.807) is 20.2 Å². The normalized spacial score (nSPS) is 15.0. The number of fused-ring (bicyclic) bond motifs is 2. The number of hydrogen-bond donors (Lipinski definition) is 2. The number of benzene rings is 1. The first kappa shape index (κ1) is 18.0. The van der Waals surface area contributed by atoms with Gasteiger partial charge in [0.1, 0.15) is 0 Å². The summed E-state index contributed by atoms with van der Waals surface area (Å²) < 4.78 is 31.1. The Kier molecular flexibility index (Phi) is 4.43. The van der Waals surface area contributed by atoms with Gasteiger partial charge < -0.3 is 0 Å². The topological polar surface area (TPSA) is 102 Å². The van der Waals surface area contributed by atoms with Gasteiger partial charge in [-0.15, -0.1) is 0 Å². The minimum Gasteiger partial charge on any atom is -0.295 e. The van der Waals surface area contributed by atoms with Crippen LogP contribution in [-0.2, 0) is 43.5 Å². The van der Waals surface area contributed by atoms with Gasteiger partial charge in [-0.3, -0.25) is 14.2 Å². The third kappa shape index (κ3) is 3.10. The van der Waals surface area contributed by atoms with Gasteiger partial charge in [0.15, 0.2) is 0 Å². The highest BCUT2D eigenvalue weighted by atomic mass is 32.2. The van der Waals surface area contributed by atoms with E-state index in [0.717, 1.165) is 42.6 Å². The second-order valence-electron chi connectivity index (χ2n) is 7.06. The summed E-state index contributed by atoms with van der Waals surface area (Å²) in [4.78, 5) is 12.2. The number of aryl methyl sites for hydroxylation is 3. The lowest BCUT2D eigenvalue weighted by Crippen LogP contribution is -2.24. The Morgan fingerprint density at radius 1 is 1.11 bits per heavy atom. The molecule has 0 fully saturated rings. The van der Waals surface area contributed by atoms with Crippen LogP contribution >= 0.6 is 0 Å². The monoisotopic (exact) mass is 389 g/mol. The maximum absolute atomic E-state index is 12.8. The Morgan fingerprint density at radius 3 is 2.67 bits per heavy atom. The number of H-pyrrole nitrogens is 1. The van der Waals surface area contributed by atoms with Crippen LogP contribution < -0.4 is 10.4 Å². The Hall–Kier alpha value is -2.39. The van der Waals surface area contributed by atoms with E-state index < -0.39 is 10.0 Å². The molecule has 0 saturated carbocycles. The number of hydrogen-bond acceptors (Lipinski definition) is 4. The molecule has 0 saturated heterocycles. The van der Waals surface area contributed by atoms with Crippen molar-refractivity contribution in [3.8, 4) is 0 Å². The third-order valence-electron chi connectivity index (χ3n) is 5.38. The molecule has 2 N–H and O–H groups in total. The smallest absolute Gasteiger partial charge is 0.295 e. The highest BCUT2D eigenvalue weighted by Gasteiger charge is 2.20. The van der Waals surface area contributed by atoms with Gasteiger partial charge in [-0.1, -0.05) is 6.42 Å². The first-order chi connectivity index (χ1) is 12.9. The van der Waals surface area contributed by atoms with E-state index in [4.69, 9.17) is 0 Å². The summed E-state index contributed by atoms with van der Waals surface area (Å²) in [5, 5.41) is 7.37. The minimum atomic E-state index is -3.71. The zero-order valence-corrected chi connectivity index (χ0v) is 16.3. The van der Waals surface area contributed by atoms with E-state index in [9.17, 15) is 13.2 Å². The number of nitrogens with one attached hydrogen (secondary N) is 2. The van der Waals surface area contributed by atoms with Crippen LogP contribution in [0.25, 0.3) is 11.0 Å². The molecule has 4 rings (SSSR count). The average molecular weight is 389 g/mol. The number of aromatic nitrogens is 4. The van der Waals surface area contributed by atoms with Crippen LogP contribution in [0.5, 0.6) is 0 Å². The molecule has 2 aromatic heterocycles. The molecule has 0 amide bonds. The molecule has 3 aromatic rings.